The van der Waals surface area contributed by atoms with E-state index in [4.69, 9.17) is 0 Å². The molecule has 0 radical (unpaired) electrons. The number of rotatable bonds is 4. The van der Waals surface area contributed by atoms with E-state index in [0.717, 1.165) is 26.2 Å². The number of aromatic nitrogens is 4. The number of piperazine rings is 1. The summed E-state index contributed by atoms with van der Waals surface area (Å²) in [5.41, 5.74) is 2.37. The molecular formula is C18H25N7O2. The predicted octanol–water partition coefficient (Wildman–Crippen LogP) is 0.349. The number of carbonyl (C=O) groups is 1. The molecule has 9 nitrogen and oxygen atoms in total. The number of aryl methyl sites for hydroxylation is 3. The first-order valence-electron chi connectivity index (χ1n) is 8.95. The molecule has 0 spiro atoms. The van der Waals surface area contributed by atoms with Gasteiger partial charge in [0.2, 0.25) is 11.9 Å². The number of carbonyl (C=O) groups excluding carboxylic acids is 1. The molecule has 0 atom stereocenters. The maximum atomic E-state index is 12.4. The van der Waals surface area contributed by atoms with Gasteiger partial charge in [-0.15, -0.1) is 0 Å². The summed E-state index contributed by atoms with van der Waals surface area (Å²) in [6, 6.07) is 1.40. The fourth-order valence-corrected chi connectivity index (χ4v) is 3.00. The molecule has 1 saturated heterocycles. The van der Waals surface area contributed by atoms with E-state index in [0.29, 0.717) is 28.7 Å². The van der Waals surface area contributed by atoms with Crippen LogP contribution in [0, 0.1) is 20.8 Å². The molecule has 3 rings (SSSR count). The van der Waals surface area contributed by atoms with Crippen LogP contribution in [0.1, 0.15) is 17.1 Å². The Morgan fingerprint density at radius 1 is 1.11 bits per heavy atom. The average molecular weight is 371 g/mol. The Hall–Kier alpha value is -2.81. The van der Waals surface area contributed by atoms with Crippen molar-refractivity contribution in [3.05, 3.63) is 39.8 Å². The van der Waals surface area contributed by atoms with Gasteiger partial charge >= 0.3 is 0 Å². The highest BCUT2D eigenvalue weighted by molar-refractivity contribution is 5.91. The van der Waals surface area contributed by atoms with E-state index < -0.39 is 0 Å². The van der Waals surface area contributed by atoms with Gasteiger partial charge in [-0.1, -0.05) is 0 Å². The van der Waals surface area contributed by atoms with Crippen LogP contribution in [0.4, 0.5) is 11.6 Å². The number of likely N-dealkylation sites (N-methyl/N-ethyl adjacent to an activating group) is 1. The first-order valence-corrected chi connectivity index (χ1v) is 8.95. The normalized spacial score (nSPS) is 15.0. The van der Waals surface area contributed by atoms with E-state index in [1.807, 2.05) is 13.8 Å². The van der Waals surface area contributed by atoms with Crippen molar-refractivity contribution in [3.63, 3.8) is 0 Å². The van der Waals surface area contributed by atoms with Gasteiger partial charge in [0.1, 0.15) is 6.54 Å². The Labute approximate surface area is 158 Å². The summed E-state index contributed by atoms with van der Waals surface area (Å²) in [6.45, 7) is 9.03. The molecule has 1 amide bonds. The minimum atomic E-state index is -0.315. The molecule has 0 aromatic carbocycles. The topological polar surface area (TPSA) is 96.2 Å². The molecule has 2 aromatic rings. The summed E-state index contributed by atoms with van der Waals surface area (Å²) in [4.78, 5) is 41.9. The van der Waals surface area contributed by atoms with Crippen LogP contribution in [0.15, 0.2) is 17.2 Å². The molecule has 0 unspecified atom stereocenters. The number of anilines is 2. The molecule has 144 valence electrons. The van der Waals surface area contributed by atoms with Crippen molar-refractivity contribution in [2.75, 3.05) is 43.4 Å². The summed E-state index contributed by atoms with van der Waals surface area (Å²) in [6.07, 6.45) is 1.38. The van der Waals surface area contributed by atoms with Gasteiger partial charge in [-0.3, -0.25) is 14.2 Å². The molecule has 9 heteroatoms. The lowest BCUT2D eigenvalue weighted by molar-refractivity contribution is -0.116. The lowest BCUT2D eigenvalue weighted by Gasteiger charge is -2.32. The third-order valence-electron chi connectivity index (χ3n) is 4.64. The van der Waals surface area contributed by atoms with E-state index in [-0.39, 0.29) is 18.0 Å². The quantitative estimate of drug-likeness (QED) is 0.828. The van der Waals surface area contributed by atoms with Crippen LogP contribution < -0.4 is 15.8 Å². The molecular weight excluding hydrogens is 346 g/mol. The summed E-state index contributed by atoms with van der Waals surface area (Å²) >= 11 is 0. The number of hydrogen-bond donors (Lipinski definition) is 1. The van der Waals surface area contributed by atoms with Gasteiger partial charge in [-0.25, -0.2) is 15.0 Å². The lowest BCUT2D eigenvalue weighted by Crippen LogP contribution is -2.45. The van der Waals surface area contributed by atoms with Gasteiger partial charge in [0.15, 0.2) is 0 Å². The Morgan fingerprint density at radius 2 is 1.74 bits per heavy atom. The van der Waals surface area contributed by atoms with Gasteiger partial charge in [-0.05, 0) is 27.8 Å². The number of hydrogen-bond acceptors (Lipinski definition) is 7. The lowest BCUT2D eigenvalue weighted by atomic mass is 10.2. The third kappa shape index (κ3) is 4.48. The van der Waals surface area contributed by atoms with Crippen LogP contribution in [0.2, 0.25) is 0 Å². The zero-order chi connectivity index (χ0) is 19.6. The average Bonchev–Trinajstić information content (AvgIpc) is 2.61. The predicted molar refractivity (Wildman–Crippen MR) is 103 cm³/mol. The van der Waals surface area contributed by atoms with Crippen LogP contribution in [-0.2, 0) is 11.3 Å². The number of nitrogens with one attached hydrogen (secondary N) is 1. The highest BCUT2D eigenvalue weighted by Gasteiger charge is 2.19. The van der Waals surface area contributed by atoms with Crippen molar-refractivity contribution in [2.24, 2.45) is 0 Å². The summed E-state index contributed by atoms with van der Waals surface area (Å²) in [5, 5.41) is 2.83. The molecule has 27 heavy (non-hydrogen) atoms. The largest absolute Gasteiger partial charge is 0.338 e. The van der Waals surface area contributed by atoms with Gasteiger partial charge < -0.3 is 15.1 Å². The summed E-state index contributed by atoms with van der Waals surface area (Å²) in [7, 11) is 2.10. The van der Waals surface area contributed by atoms with Crippen molar-refractivity contribution in [3.8, 4) is 0 Å². The van der Waals surface area contributed by atoms with Crippen molar-refractivity contribution in [2.45, 2.75) is 27.3 Å². The van der Waals surface area contributed by atoms with Crippen molar-refractivity contribution in [1.29, 1.82) is 0 Å². The number of amides is 1. The summed E-state index contributed by atoms with van der Waals surface area (Å²) in [5.74, 6) is 0.375. The fraction of sp³-hybridized carbons (Fsp3) is 0.500. The number of nitrogens with zero attached hydrogens (tertiary/aromatic N) is 6. The van der Waals surface area contributed by atoms with Gasteiger partial charge in [0, 0.05) is 37.9 Å². The molecule has 2 aromatic heterocycles. The highest BCUT2D eigenvalue weighted by Crippen LogP contribution is 2.21. The van der Waals surface area contributed by atoms with Crippen LogP contribution in [-0.4, -0.2) is 63.6 Å². The standard InChI is InChI=1S/C18H25N7O2/c1-12-9-16(27)25(11-19-12)10-15(26)22-17-13(2)20-18(21-14(17)3)24-7-5-23(4)6-8-24/h9,11H,5-8,10H2,1-4H3,(H,22,26). The second kappa shape index (κ2) is 7.83. The highest BCUT2D eigenvalue weighted by atomic mass is 16.2. The molecule has 0 bridgehead atoms. The zero-order valence-corrected chi connectivity index (χ0v) is 16.2. The van der Waals surface area contributed by atoms with Crippen LogP contribution in [0.3, 0.4) is 0 Å². The summed E-state index contributed by atoms with van der Waals surface area (Å²) < 4.78 is 1.27. The second-order valence-corrected chi connectivity index (χ2v) is 6.90. The van der Waals surface area contributed by atoms with Crippen LogP contribution >= 0.6 is 0 Å². The van der Waals surface area contributed by atoms with Gasteiger partial charge in [-0.2, -0.15) is 0 Å². The SMILES string of the molecule is Cc1cc(=O)n(CC(=O)Nc2c(C)nc(N3CCN(C)CC3)nc2C)cn1. The van der Waals surface area contributed by atoms with E-state index in [1.165, 1.54) is 17.0 Å². The molecule has 0 saturated carbocycles. The van der Waals surface area contributed by atoms with E-state index in [1.54, 1.807) is 6.92 Å². The molecule has 1 aliphatic rings. The molecule has 1 N–H and O–H groups in total. The van der Waals surface area contributed by atoms with E-state index in [2.05, 4.69) is 37.1 Å². The first-order chi connectivity index (χ1) is 12.8. The van der Waals surface area contributed by atoms with E-state index in [9.17, 15) is 9.59 Å². The maximum absolute atomic E-state index is 12.4. The Morgan fingerprint density at radius 3 is 2.33 bits per heavy atom. The first kappa shape index (κ1) is 19.0. The van der Waals surface area contributed by atoms with Crippen molar-refractivity contribution in [1.82, 2.24) is 24.4 Å². The third-order valence-corrected chi connectivity index (χ3v) is 4.64. The van der Waals surface area contributed by atoms with Gasteiger partial charge in [0.05, 0.1) is 23.4 Å². The molecule has 1 fully saturated rings. The van der Waals surface area contributed by atoms with Crippen molar-refractivity contribution >= 4 is 17.5 Å². The monoisotopic (exact) mass is 371 g/mol. The Kier molecular flexibility index (Phi) is 5.50. The smallest absolute Gasteiger partial charge is 0.253 e. The Balaban J connectivity index is 1.73. The minimum Gasteiger partial charge on any atom is -0.338 e. The van der Waals surface area contributed by atoms with Crippen molar-refractivity contribution < 1.29 is 4.79 Å². The molecule has 0 aliphatic carbocycles. The molecule has 1 aliphatic heterocycles. The zero-order valence-electron chi connectivity index (χ0n) is 16.2. The fourth-order valence-electron chi connectivity index (χ4n) is 3.00. The Bertz CT molecular complexity index is 878. The van der Waals surface area contributed by atoms with Gasteiger partial charge in [0.25, 0.3) is 5.56 Å². The maximum Gasteiger partial charge on any atom is 0.253 e. The second-order valence-electron chi connectivity index (χ2n) is 6.90. The van der Waals surface area contributed by atoms with E-state index >= 15 is 0 Å². The minimum absolute atomic E-state index is 0.106. The molecule has 3 heterocycles. The van der Waals surface area contributed by atoms with Crippen LogP contribution in [0.5, 0.6) is 0 Å². The van der Waals surface area contributed by atoms with Crippen LogP contribution in [0.25, 0.3) is 0 Å².